The summed E-state index contributed by atoms with van der Waals surface area (Å²) in [5.41, 5.74) is 7.08. The normalized spacial score (nSPS) is 19.3. The average molecular weight is 335 g/mol. The zero-order chi connectivity index (χ0) is 17.9. The van der Waals surface area contributed by atoms with Crippen molar-refractivity contribution in [1.82, 2.24) is 4.90 Å². The van der Waals surface area contributed by atoms with Crippen molar-refractivity contribution in [3.8, 4) is 5.75 Å². The first-order valence-corrected chi connectivity index (χ1v) is 8.60. The average Bonchev–Trinajstić information content (AvgIpc) is 2.54. The number of rotatable bonds is 0. The Morgan fingerprint density at radius 3 is 2.67 bits per heavy atom. The number of nitrogen functional groups attached to an aromatic ring is 1. The summed E-state index contributed by atoms with van der Waals surface area (Å²) in [5, 5.41) is 0. The predicted octanol–water partition coefficient (Wildman–Crippen LogP) is 3.11. The van der Waals surface area contributed by atoms with E-state index < -0.39 is 5.60 Å². The molecule has 6 nitrogen and oxygen atoms in total. The summed E-state index contributed by atoms with van der Waals surface area (Å²) in [5.74, 6) is 0.821. The Labute approximate surface area is 144 Å². The lowest BCUT2D eigenvalue weighted by molar-refractivity contribution is 0.0195. The molecule has 2 aliphatic heterocycles. The number of benzene rings is 1. The number of nitrogens with zero attached hydrogens (tertiary/aromatic N) is 2. The highest BCUT2D eigenvalue weighted by Gasteiger charge is 2.35. The standard InChI is InChI=1S/C16H23N3O3.C2H6/c1-16(2,3)22-15(20)18-6-7-19-12(9-18)10-21-14-8-11(17)4-5-13(14)19;1-2/h4-5,8,12H,6-7,9-10,17H2,1-3H3;1-2H3. The van der Waals surface area contributed by atoms with Crippen LogP contribution in [0.5, 0.6) is 5.75 Å². The highest BCUT2D eigenvalue weighted by Crippen LogP contribution is 2.36. The molecule has 0 aliphatic carbocycles. The van der Waals surface area contributed by atoms with Crippen LogP contribution in [0.15, 0.2) is 18.2 Å². The van der Waals surface area contributed by atoms with Crippen LogP contribution in [0.25, 0.3) is 0 Å². The Morgan fingerprint density at radius 1 is 1.29 bits per heavy atom. The summed E-state index contributed by atoms with van der Waals surface area (Å²) in [6, 6.07) is 5.87. The molecule has 0 saturated carbocycles. The van der Waals surface area contributed by atoms with Crippen LogP contribution < -0.4 is 15.4 Å². The molecule has 2 N–H and O–H groups in total. The van der Waals surface area contributed by atoms with Crippen molar-refractivity contribution in [1.29, 1.82) is 0 Å². The number of amides is 1. The highest BCUT2D eigenvalue weighted by atomic mass is 16.6. The van der Waals surface area contributed by atoms with E-state index in [-0.39, 0.29) is 12.1 Å². The number of carbonyl (C=O) groups is 1. The van der Waals surface area contributed by atoms with Gasteiger partial charge in [-0.05, 0) is 32.9 Å². The molecule has 1 aromatic carbocycles. The van der Waals surface area contributed by atoms with Crippen molar-refractivity contribution in [2.24, 2.45) is 0 Å². The van der Waals surface area contributed by atoms with Gasteiger partial charge in [0, 0.05) is 31.4 Å². The third-order valence-corrected chi connectivity index (χ3v) is 3.86. The Balaban J connectivity index is 0.00000100. The van der Waals surface area contributed by atoms with Crippen LogP contribution in [0.4, 0.5) is 16.2 Å². The van der Waals surface area contributed by atoms with Gasteiger partial charge in [-0.3, -0.25) is 0 Å². The second-order valence-electron chi connectivity index (χ2n) is 6.81. The molecule has 3 rings (SSSR count). The summed E-state index contributed by atoms with van der Waals surface area (Å²) < 4.78 is 11.3. The number of hydrogen-bond acceptors (Lipinski definition) is 5. The fourth-order valence-electron chi connectivity index (χ4n) is 2.88. The number of ether oxygens (including phenoxy) is 2. The smallest absolute Gasteiger partial charge is 0.410 e. The minimum atomic E-state index is -0.471. The molecule has 1 unspecified atom stereocenters. The van der Waals surface area contributed by atoms with E-state index in [0.29, 0.717) is 25.4 Å². The summed E-state index contributed by atoms with van der Waals surface area (Å²) in [6.07, 6.45) is -0.254. The molecule has 6 heteroatoms. The third kappa shape index (κ3) is 4.04. The van der Waals surface area contributed by atoms with E-state index in [1.54, 1.807) is 4.90 Å². The van der Waals surface area contributed by atoms with Gasteiger partial charge in [0.2, 0.25) is 0 Å². The quantitative estimate of drug-likeness (QED) is 0.738. The van der Waals surface area contributed by atoms with E-state index in [4.69, 9.17) is 15.2 Å². The molecule has 0 aromatic heterocycles. The minimum absolute atomic E-state index is 0.150. The van der Waals surface area contributed by atoms with Crippen molar-refractivity contribution in [3.63, 3.8) is 0 Å². The Morgan fingerprint density at radius 2 is 2.00 bits per heavy atom. The molecule has 24 heavy (non-hydrogen) atoms. The van der Waals surface area contributed by atoms with Gasteiger partial charge in [0.1, 0.15) is 18.0 Å². The maximum atomic E-state index is 12.2. The van der Waals surface area contributed by atoms with Crippen LogP contribution in [-0.4, -0.2) is 48.9 Å². The molecule has 0 bridgehead atoms. The molecule has 1 saturated heterocycles. The van der Waals surface area contributed by atoms with Crippen molar-refractivity contribution >= 4 is 17.5 Å². The number of piperazine rings is 1. The van der Waals surface area contributed by atoms with E-state index in [1.165, 1.54) is 0 Å². The zero-order valence-electron chi connectivity index (χ0n) is 15.3. The van der Waals surface area contributed by atoms with E-state index in [2.05, 4.69) is 4.90 Å². The van der Waals surface area contributed by atoms with Gasteiger partial charge < -0.3 is 25.0 Å². The Hall–Kier alpha value is -2.11. The second-order valence-corrected chi connectivity index (χ2v) is 6.81. The molecule has 2 aliphatic rings. The number of nitrogens with two attached hydrogens (primary N) is 1. The van der Waals surface area contributed by atoms with Gasteiger partial charge in [0.25, 0.3) is 0 Å². The number of hydrogen-bond donors (Lipinski definition) is 1. The lowest BCUT2D eigenvalue weighted by Gasteiger charge is -2.45. The second kappa shape index (κ2) is 7.20. The highest BCUT2D eigenvalue weighted by molar-refractivity contribution is 5.70. The van der Waals surface area contributed by atoms with Crippen LogP contribution >= 0.6 is 0 Å². The van der Waals surface area contributed by atoms with Crippen LogP contribution in [0.2, 0.25) is 0 Å². The van der Waals surface area contributed by atoms with Crippen molar-refractivity contribution in [3.05, 3.63) is 18.2 Å². The fraction of sp³-hybridized carbons (Fsp3) is 0.611. The lowest BCUT2D eigenvalue weighted by Crippen LogP contribution is -2.59. The summed E-state index contributed by atoms with van der Waals surface area (Å²) >= 11 is 0. The van der Waals surface area contributed by atoms with Gasteiger partial charge in [-0.2, -0.15) is 0 Å². The van der Waals surface area contributed by atoms with Crippen LogP contribution in [0, 0.1) is 0 Å². The van der Waals surface area contributed by atoms with Crippen molar-refractivity contribution in [2.45, 2.75) is 46.3 Å². The monoisotopic (exact) mass is 335 g/mol. The fourth-order valence-corrected chi connectivity index (χ4v) is 2.88. The van der Waals surface area contributed by atoms with Gasteiger partial charge >= 0.3 is 6.09 Å². The zero-order valence-corrected chi connectivity index (χ0v) is 15.3. The van der Waals surface area contributed by atoms with E-state index in [9.17, 15) is 4.79 Å². The maximum absolute atomic E-state index is 12.2. The molecule has 1 atom stereocenters. The van der Waals surface area contributed by atoms with Crippen LogP contribution in [0.1, 0.15) is 34.6 Å². The Bertz CT molecular complexity index is 583. The van der Waals surface area contributed by atoms with Gasteiger partial charge in [-0.1, -0.05) is 13.8 Å². The molecule has 134 valence electrons. The number of carbonyl (C=O) groups excluding carboxylic acids is 1. The van der Waals surface area contributed by atoms with Gasteiger partial charge in [-0.25, -0.2) is 4.79 Å². The molecular formula is C18H29N3O3. The largest absolute Gasteiger partial charge is 0.489 e. The van der Waals surface area contributed by atoms with Gasteiger partial charge in [-0.15, -0.1) is 0 Å². The summed E-state index contributed by atoms with van der Waals surface area (Å²) in [6.45, 7) is 12.2. The molecular weight excluding hydrogens is 306 g/mol. The van der Waals surface area contributed by atoms with Gasteiger partial charge in [0.05, 0.1) is 11.7 Å². The summed E-state index contributed by atoms with van der Waals surface area (Å²) in [4.78, 5) is 16.3. The van der Waals surface area contributed by atoms with Crippen molar-refractivity contribution in [2.75, 3.05) is 36.9 Å². The third-order valence-electron chi connectivity index (χ3n) is 3.86. The summed E-state index contributed by atoms with van der Waals surface area (Å²) in [7, 11) is 0. The minimum Gasteiger partial charge on any atom is -0.489 e. The van der Waals surface area contributed by atoms with Crippen molar-refractivity contribution < 1.29 is 14.3 Å². The predicted molar refractivity (Wildman–Crippen MR) is 96.6 cm³/mol. The maximum Gasteiger partial charge on any atom is 0.410 e. The molecule has 1 fully saturated rings. The molecule has 2 heterocycles. The number of fused-ring (bicyclic) bond motifs is 3. The molecule has 0 radical (unpaired) electrons. The molecule has 1 amide bonds. The Kier molecular flexibility index (Phi) is 5.47. The first kappa shape index (κ1) is 18.2. The van der Waals surface area contributed by atoms with Gasteiger partial charge in [0.15, 0.2) is 0 Å². The SMILES string of the molecule is CC.CC(C)(C)OC(=O)N1CCN2c3ccc(N)cc3OCC2C1. The van der Waals surface area contributed by atoms with E-state index in [1.807, 2.05) is 52.8 Å². The van der Waals surface area contributed by atoms with Crippen LogP contribution in [0.3, 0.4) is 0 Å². The lowest BCUT2D eigenvalue weighted by atomic mass is 10.1. The van der Waals surface area contributed by atoms with Crippen LogP contribution in [-0.2, 0) is 4.74 Å². The molecule has 1 aromatic rings. The first-order valence-electron chi connectivity index (χ1n) is 8.60. The topological polar surface area (TPSA) is 68.0 Å². The first-order chi connectivity index (χ1) is 11.3. The number of anilines is 2. The molecule has 0 spiro atoms. The van der Waals surface area contributed by atoms with E-state index >= 15 is 0 Å². The van der Waals surface area contributed by atoms with E-state index in [0.717, 1.165) is 18.0 Å².